The van der Waals surface area contributed by atoms with Gasteiger partial charge in [-0.2, -0.15) is 5.10 Å². The number of benzene rings is 2. The standard InChI is InChI=1S/C25H22FN6P/c1-31(2)22-11-5-10-21-23(24(30-32(21)22)16-6-3-9-19(33)14-16)20-12-13-27-25(29-20)28-18-8-4-7-17(26)15-18/h3-15H,33H2,1-2H3,(H,27,28,29). The molecule has 0 saturated carbocycles. The SMILES string of the molecule is CN(C)c1cccc2c(-c3ccnc(Nc4cccc(F)c4)n3)c(-c3cccc(P)c3)nn12. The molecule has 1 N–H and O–H groups in total. The molecule has 1 unspecified atom stereocenters. The van der Waals surface area contributed by atoms with Crippen LogP contribution in [0.3, 0.4) is 0 Å². The number of hydrogen-bond acceptors (Lipinski definition) is 5. The highest BCUT2D eigenvalue weighted by Crippen LogP contribution is 2.36. The maximum atomic E-state index is 13.6. The van der Waals surface area contributed by atoms with Gasteiger partial charge in [0.1, 0.15) is 17.3 Å². The zero-order valence-corrected chi connectivity index (χ0v) is 19.4. The monoisotopic (exact) mass is 456 g/mol. The molecule has 3 aromatic heterocycles. The molecule has 0 spiro atoms. The lowest BCUT2D eigenvalue weighted by Crippen LogP contribution is -2.13. The van der Waals surface area contributed by atoms with E-state index in [0.29, 0.717) is 11.6 Å². The van der Waals surface area contributed by atoms with Crippen molar-refractivity contribution >= 4 is 37.5 Å². The molecule has 33 heavy (non-hydrogen) atoms. The molecule has 3 heterocycles. The smallest absolute Gasteiger partial charge is 0.227 e. The van der Waals surface area contributed by atoms with Crippen molar-refractivity contribution in [2.24, 2.45) is 0 Å². The van der Waals surface area contributed by atoms with Crippen LogP contribution in [-0.4, -0.2) is 33.7 Å². The molecular weight excluding hydrogens is 434 g/mol. The van der Waals surface area contributed by atoms with Gasteiger partial charge in [-0.15, -0.1) is 9.24 Å². The van der Waals surface area contributed by atoms with Crippen LogP contribution in [0.25, 0.3) is 28.0 Å². The molecule has 164 valence electrons. The second kappa shape index (κ2) is 8.60. The first-order valence-corrected chi connectivity index (χ1v) is 11.0. The van der Waals surface area contributed by atoms with Crippen molar-refractivity contribution in [2.75, 3.05) is 24.3 Å². The molecule has 0 amide bonds. The lowest BCUT2D eigenvalue weighted by molar-refractivity contribution is 0.628. The normalized spacial score (nSPS) is 11.0. The summed E-state index contributed by atoms with van der Waals surface area (Å²) in [6, 6.07) is 22.3. The number of rotatable bonds is 5. The molecule has 0 radical (unpaired) electrons. The van der Waals surface area contributed by atoms with Crippen LogP contribution in [0.4, 0.5) is 21.8 Å². The van der Waals surface area contributed by atoms with E-state index in [0.717, 1.165) is 39.2 Å². The average molecular weight is 456 g/mol. The minimum absolute atomic E-state index is 0.324. The zero-order valence-electron chi connectivity index (χ0n) is 18.2. The number of halogens is 1. The van der Waals surface area contributed by atoms with Crippen LogP contribution in [0, 0.1) is 5.82 Å². The first-order chi connectivity index (χ1) is 16.0. The molecule has 0 aliphatic rings. The van der Waals surface area contributed by atoms with Crippen LogP contribution in [0.2, 0.25) is 0 Å². The van der Waals surface area contributed by atoms with E-state index in [1.54, 1.807) is 18.3 Å². The van der Waals surface area contributed by atoms with Crippen molar-refractivity contribution in [1.82, 2.24) is 19.6 Å². The fraction of sp³-hybridized carbons (Fsp3) is 0.0800. The van der Waals surface area contributed by atoms with Crippen molar-refractivity contribution in [3.8, 4) is 22.5 Å². The summed E-state index contributed by atoms with van der Waals surface area (Å²) in [5.74, 6) is 1.01. The van der Waals surface area contributed by atoms with E-state index in [-0.39, 0.29) is 5.82 Å². The van der Waals surface area contributed by atoms with E-state index in [1.807, 2.05) is 66.0 Å². The first-order valence-electron chi connectivity index (χ1n) is 10.4. The number of nitrogens with one attached hydrogen (secondary N) is 1. The molecule has 0 aliphatic carbocycles. The predicted molar refractivity (Wildman–Crippen MR) is 135 cm³/mol. The van der Waals surface area contributed by atoms with E-state index < -0.39 is 0 Å². The Morgan fingerprint density at radius 1 is 0.970 bits per heavy atom. The third kappa shape index (κ3) is 4.15. The highest BCUT2D eigenvalue weighted by Gasteiger charge is 2.20. The van der Waals surface area contributed by atoms with E-state index in [9.17, 15) is 4.39 Å². The number of pyridine rings is 1. The van der Waals surface area contributed by atoms with Gasteiger partial charge >= 0.3 is 0 Å². The largest absolute Gasteiger partial charge is 0.363 e. The van der Waals surface area contributed by atoms with Gasteiger partial charge in [0.15, 0.2) is 0 Å². The maximum absolute atomic E-state index is 13.6. The summed E-state index contributed by atoms with van der Waals surface area (Å²) in [7, 11) is 6.71. The van der Waals surface area contributed by atoms with Crippen molar-refractivity contribution < 1.29 is 4.39 Å². The van der Waals surface area contributed by atoms with Gasteiger partial charge in [-0.1, -0.05) is 30.3 Å². The maximum Gasteiger partial charge on any atom is 0.227 e. The Hall–Kier alpha value is -3.83. The molecule has 2 aromatic carbocycles. The summed E-state index contributed by atoms with van der Waals surface area (Å²) in [5, 5.41) is 9.14. The molecule has 1 atom stereocenters. The minimum Gasteiger partial charge on any atom is -0.363 e. The number of nitrogens with zero attached hydrogens (tertiary/aromatic N) is 5. The molecule has 8 heteroatoms. The zero-order chi connectivity index (χ0) is 22.9. The summed E-state index contributed by atoms with van der Waals surface area (Å²) in [6.07, 6.45) is 1.69. The Morgan fingerprint density at radius 2 is 1.79 bits per heavy atom. The highest BCUT2D eigenvalue weighted by atomic mass is 31.0. The average Bonchev–Trinajstić information content (AvgIpc) is 3.19. The van der Waals surface area contributed by atoms with Crippen LogP contribution in [0.15, 0.2) is 79.0 Å². The van der Waals surface area contributed by atoms with Crippen LogP contribution in [0.5, 0.6) is 0 Å². The first kappa shape index (κ1) is 21.0. The van der Waals surface area contributed by atoms with E-state index >= 15 is 0 Å². The third-order valence-corrected chi connectivity index (χ3v) is 5.61. The lowest BCUT2D eigenvalue weighted by Gasteiger charge is -2.13. The Morgan fingerprint density at radius 3 is 2.58 bits per heavy atom. The second-order valence-electron chi connectivity index (χ2n) is 7.83. The molecule has 5 aromatic rings. The van der Waals surface area contributed by atoms with E-state index in [4.69, 9.17) is 10.1 Å². The molecule has 0 aliphatic heterocycles. The quantitative estimate of drug-likeness (QED) is 0.381. The van der Waals surface area contributed by atoms with E-state index in [1.165, 1.54) is 12.1 Å². The van der Waals surface area contributed by atoms with Crippen LogP contribution < -0.4 is 15.5 Å². The third-order valence-electron chi connectivity index (χ3n) is 5.25. The fourth-order valence-electron chi connectivity index (χ4n) is 3.79. The van der Waals surface area contributed by atoms with Crippen LogP contribution in [-0.2, 0) is 0 Å². The summed E-state index contributed by atoms with van der Waals surface area (Å²) < 4.78 is 15.6. The molecule has 0 bridgehead atoms. The van der Waals surface area contributed by atoms with Crippen molar-refractivity contribution in [3.05, 3.63) is 84.8 Å². The molecule has 5 rings (SSSR count). The Labute approximate surface area is 193 Å². The summed E-state index contributed by atoms with van der Waals surface area (Å²) >= 11 is 0. The molecular formula is C25H22FN6P. The van der Waals surface area contributed by atoms with Crippen molar-refractivity contribution in [2.45, 2.75) is 0 Å². The summed E-state index contributed by atoms with van der Waals surface area (Å²) in [5.41, 5.74) is 4.95. The van der Waals surface area contributed by atoms with Crippen molar-refractivity contribution in [1.29, 1.82) is 0 Å². The highest BCUT2D eigenvalue weighted by molar-refractivity contribution is 7.27. The molecule has 0 saturated heterocycles. The Balaban J connectivity index is 1.70. The predicted octanol–water partition coefficient (Wildman–Crippen LogP) is 4.91. The second-order valence-corrected chi connectivity index (χ2v) is 8.49. The fourth-order valence-corrected chi connectivity index (χ4v) is 4.08. The van der Waals surface area contributed by atoms with Crippen LogP contribution >= 0.6 is 9.24 Å². The van der Waals surface area contributed by atoms with E-state index in [2.05, 4.69) is 25.6 Å². The Bertz CT molecular complexity index is 1460. The van der Waals surface area contributed by atoms with Crippen LogP contribution in [0.1, 0.15) is 0 Å². The van der Waals surface area contributed by atoms with Gasteiger partial charge in [0.05, 0.1) is 16.8 Å². The number of hydrogen-bond donors (Lipinski definition) is 1. The van der Waals surface area contributed by atoms with Gasteiger partial charge < -0.3 is 10.2 Å². The minimum atomic E-state index is -0.324. The van der Waals surface area contributed by atoms with Gasteiger partial charge in [-0.3, -0.25) is 0 Å². The number of fused-ring (bicyclic) bond motifs is 1. The van der Waals surface area contributed by atoms with Gasteiger partial charge in [0.25, 0.3) is 0 Å². The number of anilines is 3. The number of aromatic nitrogens is 4. The summed E-state index contributed by atoms with van der Waals surface area (Å²) in [6.45, 7) is 0. The van der Waals surface area contributed by atoms with Gasteiger partial charge in [0.2, 0.25) is 5.95 Å². The summed E-state index contributed by atoms with van der Waals surface area (Å²) in [4.78, 5) is 11.1. The molecule has 0 fully saturated rings. The lowest BCUT2D eigenvalue weighted by atomic mass is 10.0. The van der Waals surface area contributed by atoms with Gasteiger partial charge in [-0.25, -0.2) is 18.9 Å². The Kier molecular flexibility index (Phi) is 5.48. The molecule has 6 nitrogen and oxygen atoms in total. The topological polar surface area (TPSA) is 58.4 Å². The van der Waals surface area contributed by atoms with Crippen molar-refractivity contribution in [3.63, 3.8) is 0 Å². The van der Waals surface area contributed by atoms with Gasteiger partial charge in [-0.05, 0) is 47.8 Å². The van der Waals surface area contributed by atoms with Gasteiger partial charge in [0, 0.05) is 31.5 Å².